The quantitative estimate of drug-likeness (QED) is 0.260. The van der Waals surface area contributed by atoms with E-state index in [-0.39, 0.29) is 0 Å². The lowest BCUT2D eigenvalue weighted by Gasteiger charge is -2.12. The van der Waals surface area contributed by atoms with Crippen LogP contribution < -0.4 is 11.3 Å². The van der Waals surface area contributed by atoms with Gasteiger partial charge in [0.25, 0.3) is 0 Å². The van der Waals surface area contributed by atoms with Gasteiger partial charge < -0.3 is 5.43 Å². The molecule has 3 fully saturated rings. The number of aliphatic imine (C=N–C) groups is 1. The summed E-state index contributed by atoms with van der Waals surface area (Å²) in [6.07, 6.45) is 13.7. The largest absolute Gasteiger partial charge is 0.312 e. The van der Waals surface area contributed by atoms with Crippen molar-refractivity contribution in [1.29, 1.82) is 0 Å². The fourth-order valence-electron chi connectivity index (χ4n) is 4.20. The summed E-state index contributed by atoms with van der Waals surface area (Å²) in [6, 6.07) is 0.543. The molecule has 3 rings (SSSR count). The Morgan fingerprint density at radius 1 is 0.833 bits per heavy atom. The second-order valence-corrected chi connectivity index (χ2v) is 6.44. The Kier molecular flexibility index (Phi) is 3.88. The van der Waals surface area contributed by atoms with Crippen molar-refractivity contribution in [3.8, 4) is 0 Å². The summed E-state index contributed by atoms with van der Waals surface area (Å²) in [5.74, 6) is 9.37. The van der Waals surface area contributed by atoms with E-state index in [2.05, 4.69) is 5.43 Å². The molecule has 0 radical (unpaired) electrons. The third-order valence-corrected chi connectivity index (χ3v) is 5.27. The summed E-state index contributed by atoms with van der Waals surface area (Å²) >= 11 is 0. The minimum atomic E-state index is 0.543. The van der Waals surface area contributed by atoms with Gasteiger partial charge in [0.1, 0.15) is 5.84 Å². The minimum Gasteiger partial charge on any atom is -0.312 e. The van der Waals surface area contributed by atoms with Crippen LogP contribution in [0.1, 0.15) is 64.2 Å². The van der Waals surface area contributed by atoms with Crippen molar-refractivity contribution in [1.82, 2.24) is 5.43 Å². The maximum Gasteiger partial charge on any atom is 0.114 e. The highest BCUT2D eigenvalue weighted by Gasteiger charge is 2.53. The van der Waals surface area contributed by atoms with Crippen LogP contribution in [-0.2, 0) is 0 Å². The van der Waals surface area contributed by atoms with Gasteiger partial charge in [-0.2, -0.15) is 0 Å². The van der Waals surface area contributed by atoms with Crippen molar-refractivity contribution in [3.63, 3.8) is 0 Å². The van der Waals surface area contributed by atoms with Gasteiger partial charge in [-0.15, -0.1) is 0 Å². The maximum atomic E-state index is 5.74. The minimum absolute atomic E-state index is 0.543. The highest BCUT2D eigenvalue weighted by Crippen LogP contribution is 2.55. The molecule has 0 amide bonds. The highest BCUT2D eigenvalue weighted by molar-refractivity contribution is 5.87. The number of amidine groups is 1. The van der Waals surface area contributed by atoms with Gasteiger partial charge in [-0.1, -0.05) is 38.5 Å². The normalized spacial score (nSPS) is 37.8. The van der Waals surface area contributed by atoms with E-state index < -0.39 is 0 Å². The van der Waals surface area contributed by atoms with Crippen molar-refractivity contribution < 1.29 is 0 Å². The van der Waals surface area contributed by atoms with Crippen LogP contribution in [0.4, 0.5) is 0 Å². The summed E-state index contributed by atoms with van der Waals surface area (Å²) in [5.41, 5.74) is 2.94. The Labute approximate surface area is 111 Å². The zero-order valence-electron chi connectivity index (χ0n) is 11.4. The fourth-order valence-corrected chi connectivity index (χ4v) is 4.20. The van der Waals surface area contributed by atoms with Crippen molar-refractivity contribution in [3.05, 3.63) is 0 Å². The molecule has 0 aromatic heterocycles. The Morgan fingerprint density at radius 2 is 1.39 bits per heavy atom. The Balaban J connectivity index is 1.64. The Morgan fingerprint density at radius 3 is 1.94 bits per heavy atom. The third-order valence-electron chi connectivity index (χ3n) is 5.27. The van der Waals surface area contributed by atoms with Gasteiger partial charge >= 0.3 is 0 Å². The molecule has 3 aliphatic carbocycles. The molecule has 3 nitrogen and oxygen atoms in total. The van der Waals surface area contributed by atoms with Crippen LogP contribution in [0.5, 0.6) is 0 Å². The fraction of sp³-hybridized carbons (Fsp3) is 0.933. The third kappa shape index (κ3) is 2.56. The molecule has 2 atom stereocenters. The topological polar surface area (TPSA) is 50.4 Å². The molecule has 3 aliphatic rings. The lowest BCUT2D eigenvalue weighted by atomic mass is 10.0. The van der Waals surface area contributed by atoms with Gasteiger partial charge in [0, 0.05) is 5.92 Å². The van der Waals surface area contributed by atoms with Gasteiger partial charge in [0.15, 0.2) is 0 Å². The number of nitrogens with zero attached hydrogens (tertiary/aromatic N) is 1. The molecule has 0 heterocycles. The Hall–Kier alpha value is -0.570. The lowest BCUT2D eigenvalue weighted by Crippen LogP contribution is -2.34. The van der Waals surface area contributed by atoms with Crippen LogP contribution in [-0.4, -0.2) is 11.9 Å². The molecular formula is C15H27N3. The first-order chi connectivity index (χ1) is 8.90. The van der Waals surface area contributed by atoms with Crippen molar-refractivity contribution in [2.24, 2.45) is 28.6 Å². The molecule has 18 heavy (non-hydrogen) atoms. The number of rotatable bonds is 2. The molecule has 0 aliphatic heterocycles. The van der Waals surface area contributed by atoms with Crippen LogP contribution in [0.15, 0.2) is 4.99 Å². The van der Waals surface area contributed by atoms with Crippen LogP contribution in [0.3, 0.4) is 0 Å². The van der Waals surface area contributed by atoms with Gasteiger partial charge in [0.05, 0.1) is 6.04 Å². The molecule has 0 saturated heterocycles. The van der Waals surface area contributed by atoms with Gasteiger partial charge in [-0.3, -0.25) is 4.99 Å². The molecular weight excluding hydrogens is 222 g/mol. The van der Waals surface area contributed by atoms with E-state index in [4.69, 9.17) is 10.8 Å². The summed E-state index contributed by atoms with van der Waals surface area (Å²) in [4.78, 5) is 4.98. The van der Waals surface area contributed by atoms with E-state index in [0.29, 0.717) is 12.0 Å². The van der Waals surface area contributed by atoms with E-state index in [1.54, 1.807) is 0 Å². The zero-order valence-corrected chi connectivity index (χ0v) is 11.4. The average Bonchev–Trinajstić information content (AvgIpc) is 3.16. The molecule has 102 valence electrons. The van der Waals surface area contributed by atoms with Crippen LogP contribution >= 0.6 is 0 Å². The van der Waals surface area contributed by atoms with E-state index >= 15 is 0 Å². The van der Waals surface area contributed by atoms with E-state index in [0.717, 1.165) is 17.7 Å². The number of nitrogens with two attached hydrogens (primary N) is 1. The molecule has 2 unspecified atom stereocenters. The number of hydrogen-bond donors (Lipinski definition) is 2. The molecule has 0 bridgehead atoms. The van der Waals surface area contributed by atoms with Crippen LogP contribution in [0, 0.1) is 17.8 Å². The van der Waals surface area contributed by atoms with E-state index in [1.807, 2.05) is 0 Å². The zero-order chi connectivity index (χ0) is 12.4. The highest BCUT2D eigenvalue weighted by atomic mass is 15.3. The predicted molar refractivity (Wildman–Crippen MR) is 75.2 cm³/mol. The molecule has 0 aromatic rings. The van der Waals surface area contributed by atoms with Crippen LogP contribution in [0.25, 0.3) is 0 Å². The van der Waals surface area contributed by atoms with Crippen LogP contribution in [0.2, 0.25) is 0 Å². The molecule has 3 heteroatoms. The number of hydrazine groups is 1. The van der Waals surface area contributed by atoms with E-state index in [9.17, 15) is 0 Å². The molecule has 3 N–H and O–H groups in total. The first-order valence-electron chi connectivity index (χ1n) is 7.94. The van der Waals surface area contributed by atoms with Crippen molar-refractivity contribution in [2.45, 2.75) is 70.3 Å². The molecule has 0 aromatic carbocycles. The standard InChI is InChI=1S/C15H27N3/c16-18-15(14-12-9-5-6-10-13(12)14)17-11-7-3-1-2-4-8-11/h11-14H,1-10,16H2,(H,17,18). The Bertz CT molecular complexity index is 293. The first kappa shape index (κ1) is 12.5. The van der Waals surface area contributed by atoms with Crippen molar-refractivity contribution in [2.75, 3.05) is 0 Å². The first-order valence-corrected chi connectivity index (χ1v) is 7.94. The smallest absolute Gasteiger partial charge is 0.114 e. The molecule has 0 spiro atoms. The summed E-state index contributed by atoms with van der Waals surface area (Å²) in [7, 11) is 0. The molecule has 3 saturated carbocycles. The number of nitrogens with one attached hydrogen (secondary N) is 1. The monoisotopic (exact) mass is 249 g/mol. The number of hydrogen-bond acceptors (Lipinski definition) is 2. The lowest BCUT2D eigenvalue weighted by molar-refractivity contribution is 0.480. The van der Waals surface area contributed by atoms with Crippen molar-refractivity contribution >= 4 is 5.84 Å². The summed E-state index contributed by atoms with van der Waals surface area (Å²) in [5, 5.41) is 0. The summed E-state index contributed by atoms with van der Waals surface area (Å²) < 4.78 is 0. The predicted octanol–water partition coefficient (Wildman–Crippen LogP) is 3.01. The second kappa shape index (κ2) is 5.60. The summed E-state index contributed by atoms with van der Waals surface area (Å²) in [6.45, 7) is 0. The van der Waals surface area contributed by atoms with Gasteiger partial charge in [-0.05, 0) is 37.5 Å². The number of fused-ring (bicyclic) bond motifs is 1. The second-order valence-electron chi connectivity index (χ2n) is 6.44. The van der Waals surface area contributed by atoms with Gasteiger partial charge in [-0.25, -0.2) is 5.84 Å². The average molecular weight is 249 g/mol. The maximum absolute atomic E-state index is 5.74. The van der Waals surface area contributed by atoms with E-state index in [1.165, 1.54) is 64.2 Å². The SMILES string of the molecule is NNC(=NC1CCCCCC1)C1C2CCCCC21. The van der Waals surface area contributed by atoms with Gasteiger partial charge in [0.2, 0.25) is 0 Å².